The van der Waals surface area contributed by atoms with Crippen molar-refractivity contribution in [3.63, 3.8) is 0 Å². The van der Waals surface area contributed by atoms with Crippen LogP contribution >= 0.6 is 0 Å². The lowest BCUT2D eigenvalue weighted by Crippen LogP contribution is -2.29. The maximum atomic E-state index is 15.6. The van der Waals surface area contributed by atoms with Crippen LogP contribution in [0.15, 0.2) is 36.4 Å². The molecule has 2 aromatic heterocycles. The highest BCUT2D eigenvalue weighted by atomic mass is 19.1. The Labute approximate surface area is 194 Å². The van der Waals surface area contributed by atoms with Gasteiger partial charge in [0.05, 0.1) is 16.6 Å². The summed E-state index contributed by atoms with van der Waals surface area (Å²) in [5, 5.41) is 17.7. The van der Waals surface area contributed by atoms with Crippen molar-refractivity contribution in [3.8, 4) is 17.2 Å². The average molecular weight is 461 g/mol. The van der Waals surface area contributed by atoms with Crippen LogP contribution in [-0.4, -0.2) is 28.3 Å². The number of rotatable bonds is 4. The summed E-state index contributed by atoms with van der Waals surface area (Å²) in [6, 6.07) is 10.5. The summed E-state index contributed by atoms with van der Waals surface area (Å²) in [5.41, 5.74) is 2.98. The number of anilines is 1. The van der Waals surface area contributed by atoms with Gasteiger partial charge in [0, 0.05) is 48.1 Å². The predicted octanol–water partition coefficient (Wildman–Crippen LogP) is 5.80. The first-order valence-electron chi connectivity index (χ1n) is 11.2. The Hall–Kier alpha value is -3.86. The lowest BCUT2D eigenvalue weighted by molar-refractivity contribution is 0.574. The number of piperidine rings is 1. The first kappa shape index (κ1) is 22.0. The molecule has 0 radical (unpaired) electrons. The monoisotopic (exact) mass is 461 g/mol. The molecule has 0 aliphatic carbocycles. The number of fused-ring (bicyclic) bond motifs is 1. The van der Waals surface area contributed by atoms with Crippen molar-refractivity contribution in [1.29, 1.82) is 5.26 Å². The SMILES string of the molecule is Cc1[nH]nc2nc(Cc3ccc(F)cc3F)c(C#N)c(-c3ccc(N4CCCCC4)cc3F)c12. The molecule has 0 bridgehead atoms. The first-order chi connectivity index (χ1) is 16.5. The quantitative estimate of drug-likeness (QED) is 0.417. The van der Waals surface area contributed by atoms with Gasteiger partial charge in [0.2, 0.25) is 0 Å². The van der Waals surface area contributed by atoms with Crippen LogP contribution in [-0.2, 0) is 6.42 Å². The minimum Gasteiger partial charge on any atom is -0.371 e. The Kier molecular flexibility index (Phi) is 5.70. The maximum absolute atomic E-state index is 15.6. The molecule has 2 aromatic carbocycles. The number of aromatic amines is 1. The van der Waals surface area contributed by atoms with Crippen LogP contribution in [0.2, 0.25) is 0 Å². The largest absolute Gasteiger partial charge is 0.371 e. The summed E-state index contributed by atoms with van der Waals surface area (Å²) in [7, 11) is 0. The third-order valence-electron chi connectivity index (χ3n) is 6.39. The number of aryl methyl sites for hydroxylation is 1. The lowest BCUT2D eigenvalue weighted by atomic mass is 9.92. The van der Waals surface area contributed by atoms with Crippen LogP contribution < -0.4 is 4.90 Å². The second-order valence-electron chi connectivity index (χ2n) is 8.59. The summed E-state index contributed by atoms with van der Waals surface area (Å²) < 4.78 is 43.3. The van der Waals surface area contributed by atoms with Crippen molar-refractivity contribution in [2.75, 3.05) is 18.0 Å². The Balaban J connectivity index is 1.67. The van der Waals surface area contributed by atoms with Crippen LogP contribution in [0.4, 0.5) is 18.9 Å². The molecule has 3 heterocycles. The highest BCUT2D eigenvalue weighted by molar-refractivity contribution is 5.98. The van der Waals surface area contributed by atoms with E-state index in [4.69, 9.17) is 0 Å². The molecule has 5 nitrogen and oxygen atoms in total. The lowest BCUT2D eigenvalue weighted by Gasteiger charge is -2.29. The third kappa shape index (κ3) is 3.87. The molecule has 1 N–H and O–H groups in total. The fourth-order valence-electron chi connectivity index (χ4n) is 4.67. The number of hydrogen-bond acceptors (Lipinski definition) is 4. The van der Waals surface area contributed by atoms with Crippen molar-refractivity contribution >= 4 is 16.7 Å². The fourth-order valence-corrected chi connectivity index (χ4v) is 4.67. The van der Waals surface area contributed by atoms with Crippen LogP contribution in [0.5, 0.6) is 0 Å². The second kappa shape index (κ2) is 8.82. The number of pyridine rings is 1. The summed E-state index contributed by atoms with van der Waals surface area (Å²) in [6.07, 6.45) is 3.26. The topological polar surface area (TPSA) is 68.6 Å². The van der Waals surface area contributed by atoms with Gasteiger partial charge in [-0.1, -0.05) is 6.07 Å². The van der Waals surface area contributed by atoms with Gasteiger partial charge < -0.3 is 4.90 Å². The number of aromatic nitrogens is 3. The van der Waals surface area contributed by atoms with Crippen molar-refractivity contribution in [1.82, 2.24) is 15.2 Å². The molecule has 34 heavy (non-hydrogen) atoms. The van der Waals surface area contributed by atoms with Gasteiger partial charge in [-0.15, -0.1) is 0 Å². The summed E-state index contributed by atoms with van der Waals surface area (Å²) in [5.74, 6) is -1.88. The van der Waals surface area contributed by atoms with Gasteiger partial charge >= 0.3 is 0 Å². The Morgan fingerprint density at radius 2 is 1.82 bits per heavy atom. The van der Waals surface area contributed by atoms with Gasteiger partial charge in [0.15, 0.2) is 5.65 Å². The predicted molar refractivity (Wildman–Crippen MR) is 124 cm³/mol. The highest BCUT2D eigenvalue weighted by Gasteiger charge is 2.24. The molecule has 1 aliphatic rings. The van der Waals surface area contributed by atoms with E-state index in [0.717, 1.165) is 43.8 Å². The Bertz CT molecular complexity index is 1430. The van der Waals surface area contributed by atoms with E-state index >= 15 is 4.39 Å². The zero-order valence-corrected chi connectivity index (χ0v) is 18.6. The van der Waals surface area contributed by atoms with Crippen molar-refractivity contribution < 1.29 is 13.2 Å². The van der Waals surface area contributed by atoms with Crippen LogP contribution in [0.25, 0.3) is 22.2 Å². The smallest absolute Gasteiger partial charge is 0.182 e. The molecule has 0 saturated carbocycles. The van der Waals surface area contributed by atoms with Gasteiger partial charge in [0.25, 0.3) is 0 Å². The van der Waals surface area contributed by atoms with Crippen molar-refractivity contribution in [2.45, 2.75) is 32.6 Å². The third-order valence-corrected chi connectivity index (χ3v) is 6.39. The molecule has 172 valence electrons. The van der Waals surface area contributed by atoms with Gasteiger partial charge in [-0.3, -0.25) is 5.10 Å². The summed E-state index contributed by atoms with van der Waals surface area (Å²) in [6.45, 7) is 3.55. The van der Waals surface area contributed by atoms with E-state index in [0.29, 0.717) is 22.3 Å². The van der Waals surface area contributed by atoms with E-state index < -0.39 is 17.5 Å². The summed E-state index contributed by atoms with van der Waals surface area (Å²) >= 11 is 0. The number of nitrogens with zero attached hydrogens (tertiary/aromatic N) is 4. The van der Waals surface area contributed by atoms with Gasteiger partial charge in [-0.25, -0.2) is 18.2 Å². The zero-order chi connectivity index (χ0) is 23.8. The van der Waals surface area contributed by atoms with Gasteiger partial charge in [-0.05, 0) is 56.0 Å². The molecule has 0 amide bonds. The molecule has 4 aromatic rings. The van der Waals surface area contributed by atoms with E-state index in [1.165, 1.54) is 18.6 Å². The number of H-pyrrole nitrogens is 1. The van der Waals surface area contributed by atoms with Gasteiger partial charge in [0.1, 0.15) is 23.5 Å². The maximum Gasteiger partial charge on any atom is 0.182 e. The van der Waals surface area contributed by atoms with Crippen molar-refractivity contribution in [3.05, 3.63) is 76.4 Å². The molecule has 8 heteroatoms. The molecule has 1 aliphatic heterocycles. The Morgan fingerprint density at radius 1 is 1.03 bits per heavy atom. The zero-order valence-electron chi connectivity index (χ0n) is 18.6. The molecule has 0 unspecified atom stereocenters. The normalized spacial score (nSPS) is 13.9. The molecule has 1 fully saturated rings. The van der Waals surface area contributed by atoms with Crippen LogP contribution in [0.3, 0.4) is 0 Å². The molecule has 5 rings (SSSR count). The number of nitrogens with one attached hydrogen (secondary N) is 1. The van der Waals surface area contributed by atoms with Crippen molar-refractivity contribution in [2.24, 2.45) is 0 Å². The number of benzene rings is 2. The fraction of sp³-hybridized carbons (Fsp3) is 0.269. The van der Waals surface area contributed by atoms with E-state index in [9.17, 15) is 14.0 Å². The second-order valence-corrected chi connectivity index (χ2v) is 8.59. The minimum absolute atomic E-state index is 0.0582. The molecule has 1 saturated heterocycles. The van der Waals surface area contributed by atoms with E-state index in [1.54, 1.807) is 13.0 Å². The summed E-state index contributed by atoms with van der Waals surface area (Å²) in [4.78, 5) is 6.64. The van der Waals surface area contributed by atoms with Crippen LogP contribution in [0, 0.1) is 35.7 Å². The van der Waals surface area contributed by atoms with E-state index in [-0.39, 0.29) is 28.8 Å². The highest BCUT2D eigenvalue weighted by Crippen LogP contribution is 2.37. The molecular weight excluding hydrogens is 439 g/mol. The van der Waals surface area contributed by atoms with Crippen LogP contribution in [0.1, 0.15) is 41.8 Å². The standard InChI is InChI=1S/C26H22F3N5/c1-15-24-25(19-8-7-18(13-22(19)29)34-9-3-2-4-10-34)20(14-30)23(31-26(24)33-32-15)11-16-5-6-17(27)12-21(16)28/h5-8,12-13H,2-4,9-11H2,1H3,(H,31,32,33). The molecule has 0 atom stereocenters. The molecule has 0 spiro atoms. The number of halogens is 3. The average Bonchev–Trinajstić information content (AvgIpc) is 3.21. The van der Waals surface area contributed by atoms with E-state index in [1.807, 2.05) is 6.07 Å². The first-order valence-corrected chi connectivity index (χ1v) is 11.2. The number of hydrogen-bond donors (Lipinski definition) is 1. The van der Waals surface area contributed by atoms with E-state index in [2.05, 4.69) is 26.2 Å². The van der Waals surface area contributed by atoms with Gasteiger partial charge in [-0.2, -0.15) is 10.4 Å². The molecular formula is C26H22F3N5. The minimum atomic E-state index is -0.734. The Morgan fingerprint density at radius 3 is 2.53 bits per heavy atom. The number of nitriles is 1.